The summed E-state index contributed by atoms with van der Waals surface area (Å²) in [6.07, 6.45) is 1.51. The summed E-state index contributed by atoms with van der Waals surface area (Å²) in [7, 11) is 0. The molecule has 3 aromatic carbocycles. The fraction of sp³-hybridized carbons (Fsp3) is 0. The summed E-state index contributed by atoms with van der Waals surface area (Å²) in [6, 6.07) is 20.4. The Bertz CT molecular complexity index is 1080. The number of carbonyl (C=O) groups is 2. The highest BCUT2D eigenvalue weighted by molar-refractivity contribution is 6.42. The molecule has 0 aromatic heterocycles. The van der Waals surface area contributed by atoms with Gasteiger partial charge in [-0.15, -0.1) is 0 Å². The van der Waals surface area contributed by atoms with E-state index >= 15 is 0 Å². The quantitative estimate of drug-likeness (QED) is 0.226. The number of ether oxygens (including phenoxy) is 1. The molecule has 0 aliphatic carbocycles. The van der Waals surface area contributed by atoms with Gasteiger partial charge in [-0.2, -0.15) is 0 Å². The summed E-state index contributed by atoms with van der Waals surface area (Å²) in [5.74, 6) is 5.28. The summed E-state index contributed by atoms with van der Waals surface area (Å²) < 4.78 is 5.73. The lowest BCUT2D eigenvalue weighted by Crippen LogP contribution is -2.38. The topological polar surface area (TPSA) is 93.4 Å². The average molecular weight is 442 g/mol. The number of nitrogens with one attached hydrogen (secondary N) is 2. The van der Waals surface area contributed by atoms with Gasteiger partial charge in [0.05, 0.1) is 10.0 Å². The molecule has 3 rings (SSSR count). The molecular formula is C22H17Cl2N3O3. The molecule has 0 aliphatic heterocycles. The normalized spacial score (nSPS) is 11.0. The van der Waals surface area contributed by atoms with Crippen molar-refractivity contribution in [2.45, 2.75) is 0 Å². The molecule has 3 aromatic rings. The van der Waals surface area contributed by atoms with Crippen molar-refractivity contribution in [1.82, 2.24) is 10.7 Å². The molecule has 0 fully saturated rings. The zero-order valence-corrected chi connectivity index (χ0v) is 17.1. The van der Waals surface area contributed by atoms with Crippen LogP contribution in [0.5, 0.6) is 11.5 Å². The van der Waals surface area contributed by atoms with Gasteiger partial charge in [0.2, 0.25) is 0 Å². The van der Waals surface area contributed by atoms with Crippen LogP contribution in [0.1, 0.15) is 15.9 Å². The lowest BCUT2D eigenvalue weighted by molar-refractivity contribution is -0.117. The Morgan fingerprint density at radius 1 is 0.867 bits per heavy atom. The van der Waals surface area contributed by atoms with Crippen LogP contribution < -0.4 is 21.3 Å². The van der Waals surface area contributed by atoms with Gasteiger partial charge in [0.15, 0.2) is 0 Å². The predicted molar refractivity (Wildman–Crippen MR) is 117 cm³/mol. The van der Waals surface area contributed by atoms with E-state index in [0.29, 0.717) is 32.7 Å². The zero-order chi connectivity index (χ0) is 21.5. The molecule has 152 valence electrons. The van der Waals surface area contributed by atoms with Crippen LogP contribution in [0.4, 0.5) is 0 Å². The second-order valence-electron chi connectivity index (χ2n) is 6.10. The number of benzene rings is 3. The van der Waals surface area contributed by atoms with Crippen LogP contribution in [0.3, 0.4) is 0 Å². The van der Waals surface area contributed by atoms with E-state index in [2.05, 4.69) is 5.32 Å². The molecule has 6 nitrogen and oxygen atoms in total. The molecule has 0 spiro atoms. The van der Waals surface area contributed by atoms with Crippen molar-refractivity contribution in [2.24, 2.45) is 5.84 Å². The Kier molecular flexibility index (Phi) is 7.08. The Morgan fingerprint density at radius 2 is 1.53 bits per heavy atom. The molecule has 0 aliphatic rings. The van der Waals surface area contributed by atoms with E-state index in [4.69, 9.17) is 33.8 Å². The van der Waals surface area contributed by atoms with Crippen molar-refractivity contribution in [3.8, 4) is 11.5 Å². The maximum atomic E-state index is 12.4. The van der Waals surface area contributed by atoms with E-state index in [1.807, 2.05) is 5.43 Å². The largest absolute Gasteiger partial charge is 0.457 e. The third-order valence-electron chi connectivity index (χ3n) is 3.98. The van der Waals surface area contributed by atoms with Gasteiger partial charge in [-0.05, 0) is 48.0 Å². The number of hydrogen-bond donors (Lipinski definition) is 3. The molecule has 0 bridgehead atoms. The predicted octanol–water partition coefficient (Wildman–Crippen LogP) is 4.55. The first-order valence-corrected chi connectivity index (χ1v) is 9.54. The number of hydrazine groups is 1. The number of carbonyl (C=O) groups excluding carboxylic acids is 2. The van der Waals surface area contributed by atoms with Crippen LogP contribution in [-0.4, -0.2) is 11.8 Å². The van der Waals surface area contributed by atoms with Crippen LogP contribution in [0.2, 0.25) is 10.0 Å². The van der Waals surface area contributed by atoms with E-state index in [1.165, 1.54) is 6.08 Å². The maximum Gasteiger partial charge on any atom is 0.281 e. The summed E-state index contributed by atoms with van der Waals surface area (Å²) >= 11 is 11.9. The number of halogens is 2. The minimum Gasteiger partial charge on any atom is -0.457 e. The smallest absolute Gasteiger partial charge is 0.281 e. The summed E-state index contributed by atoms with van der Waals surface area (Å²) in [5.41, 5.74) is 3.10. The minimum absolute atomic E-state index is 0.00417. The van der Waals surface area contributed by atoms with E-state index < -0.39 is 11.8 Å². The molecule has 4 N–H and O–H groups in total. The summed E-state index contributed by atoms with van der Waals surface area (Å²) in [4.78, 5) is 24.4. The SMILES string of the molecule is NNC(=O)/C(=C\c1ccc(Oc2ccc(Cl)c(Cl)c2)cc1)NC(=O)c1ccccc1. The molecule has 0 heterocycles. The third kappa shape index (κ3) is 5.61. The summed E-state index contributed by atoms with van der Waals surface area (Å²) in [6.45, 7) is 0. The molecule has 0 saturated carbocycles. The molecule has 0 radical (unpaired) electrons. The fourth-order valence-corrected chi connectivity index (χ4v) is 2.78. The Labute approximate surface area is 183 Å². The maximum absolute atomic E-state index is 12.4. The lowest BCUT2D eigenvalue weighted by Gasteiger charge is -2.10. The van der Waals surface area contributed by atoms with Crippen LogP contribution in [-0.2, 0) is 4.79 Å². The van der Waals surface area contributed by atoms with Gasteiger partial charge in [0.1, 0.15) is 17.2 Å². The van der Waals surface area contributed by atoms with Crippen LogP contribution >= 0.6 is 23.2 Å². The zero-order valence-electron chi connectivity index (χ0n) is 15.6. The van der Waals surface area contributed by atoms with Crippen LogP contribution in [0.15, 0.2) is 78.5 Å². The Balaban J connectivity index is 1.76. The third-order valence-corrected chi connectivity index (χ3v) is 4.72. The Morgan fingerprint density at radius 3 is 2.17 bits per heavy atom. The second-order valence-corrected chi connectivity index (χ2v) is 6.91. The lowest BCUT2D eigenvalue weighted by atomic mass is 10.1. The molecule has 8 heteroatoms. The molecular weight excluding hydrogens is 425 g/mol. The van der Waals surface area contributed by atoms with Crippen molar-refractivity contribution in [2.75, 3.05) is 0 Å². The van der Waals surface area contributed by atoms with E-state index in [9.17, 15) is 9.59 Å². The number of rotatable bonds is 6. The molecule has 2 amide bonds. The van der Waals surface area contributed by atoms with Gasteiger partial charge in [0.25, 0.3) is 11.8 Å². The molecule has 0 unspecified atom stereocenters. The first-order valence-electron chi connectivity index (χ1n) is 8.78. The van der Waals surface area contributed by atoms with E-state index in [0.717, 1.165) is 0 Å². The Hall–Kier alpha value is -3.32. The van der Waals surface area contributed by atoms with Crippen LogP contribution in [0.25, 0.3) is 6.08 Å². The first kappa shape index (κ1) is 21.4. The molecule has 30 heavy (non-hydrogen) atoms. The highest BCUT2D eigenvalue weighted by Crippen LogP contribution is 2.29. The standard InChI is InChI=1S/C22H17Cl2N3O3/c23-18-11-10-17(13-19(18)24)30-16-8-6-14(7-9-16)12-20(22(29)27-25)26-21(28)15-4-2-1-3-5-15/h1-13H,25H2,(H,26,28)(H,27,29)/b20-12+. The molecule has 0 atom stereocenters. The van der Waals surface area contributed by atoms with Gasteiger partial charge >= 0.3 is 0 Å². The van der Waals surface area contributed by atoms with Gasteiger partial charge in [-0.1, -0.05) is 53.5 Å². The van der Waals surface area contributed by atoms with Crippen molar-refractivity contribution in [3.63, 3.8) is 0 Å². The number of nitrogens with two attached hydrogens (primary N) is 1. The highest BCUT2D eigenvalue weighted by Gasteiger charge is 2.13. The monoisotopic (exact) mass is 441 g/mol. The van der Waals surface area contributed by atoms with Gasteiger partial charge in [-0.3, -0.25) is 15.0 Å². The number of amides is 2. The van der Waals surface area contributed by atoms with Crippen LogP contribution in [0, 0.1) is 0 Å². The average Bonchev–Trinajstić information content (AvgIpc) is 2.77. The summed E-state index contributed by atoms with van der Waals surface area (Å²) in [5, 5.41) is 3.40. The number of hydrogen-bond acceptors (Lipinski definition) is 4. The first-order chi connectivity index (χ1) is 14.5. The van der Waals surface area contributed by atoms with Crippen molar-refractivity contribution in [3.05, 3.63) is 99.7 Å². The fourth-order valence-electron chi connectivity index (χ4n) is 2.50. The minimum atomic E-state index is -0.629. The van der Waals surface area contributed by atoms with Crippen molar-refractivity contribution < 1.29 is 14.3 Å². The van der Waals surface area contributed by atoms with Gasteiger partial charge in [-0.25, -0.2) is 5.84 Å². The highest BCUT2D eigenvalue weighted by atomic mass is 35.5. The van der Waals surface area contributed by atoms with Gasteiger partial charge in [0, 0.05) is 11.6 Å². The van der Waals surface area contributed by atoms with Crippen molar-refractivity contribution in [1.29, 1.82) is 0 Å². The second kappa shape index (κ2) is 9.93. The van der Waals surface area contributed by atoms with Crippen molar-refractivity contribution >= 4 is 41.1 Å². The van der Waals surface area contributed by atoms with Gasteiger partial charge < -0.3 is 10.1 Å². The van der Waals surface area contributed by atoms with E-state index in [1.54, 1.807) is 72.8 Å². The van der Waals surface area contributed by atoms with E-state index in [-0.39, 0.29) is 5.70 Å². The molecule has 0 saturated heterocycles.